The summed E-state index contributed by atoms with van der Waals surface area (Å²) in [5, 5.41) is 21.4. The van der Waals surface area contributed by atoms with Crippen LogP contribution in [-0.4, -0.2) is 16.5 Å². The van der Waals surface area contributed by atoms with Gasteiger partial charge in [0.25, 0.3) is 5.54 Å². The van der Waals surface area contributed by atoms with E-state index in [0.717, 1.165) is 29.6 Å². The molecule has 0 bridgehead atoms. The zero-order valence-electron chi connectivity index (χ0n) is 9.80. The molecule has 88 valence electrons. The van der Waals surface area contributed by atoms with Gasteiger partial charge in [0.15, 0.2) is 6.21 Å². The van der Waals surface area contributed by atoms with Gasteiger partial charge in [0.1, 0.15) is 6.07 Å². The second-order valence-electron chi connectivity index (χ2n) is 4.57. The standard InChI is InChI=1S/C14H16N2O/c15-12-14(9-5-2-6-10-14)16(17)11-13-7-3-1-4-8-13/h1,3-4,7-8,11H,2,5-6,9-10H2/b16-11-. The first-order valence-electron chi connectivity index (χ1n) is 6.04. The van der Waals surface area contributed by atoms with E-state index in [2.05, 4.69) is 6.07 Å². The lowest BCUT2D eigenvalue weighted by molar-refractivity contribution is -0.532. The highest BCUT2D eigenvalue weighted by molar-refractivity contribution is 5.75. The Bertz CT molecular complexity index is 439. The molecule has 0 radical (unpaired) electrons. The molecule has 0 amide bonds. The molecule has 1 aliphatic rings. The van der Waals surface area contributed by atoms with Crippen molar-refractivity contribution in [2.24, 2.45) is 0 Å². The van der Waals surface area contributed by atoms with Crippen molar-refractivity contribution in [2.75, 3.05) is 0 Å². The van der Waals surface area contributed by atoms with Crippen molar-refractivity contribution < 1.29 is 4.74 Å². The van der Waals surface area contributed by atoms with Gasteiger partial charge >= 0.3 is 0 Å². The van der Waals surface area contributed by atoms with Gasteiger partial charge in [-0.3, -0.25) is 0 Å². The van der Waals surface area contributed by atoms with Crippen molar-refractivity contribution in [3.8, 4) is 6.07 Å². The van der Waals surface area contributed by atoms with Gasteiger partial charge in [-0.1, -0.05) is 24.6 Å². The summed E-state index contributed by atoms with van der Waals surface area (Å²) in [5.74, 6) is 0. The second kappa shape index (κ2) is 5.01. The number of nitriles is 1. The zero-order chi connectivity index (χ0) is 12.1. The molecule has 1 aromatic rings. The molecule has 2 rings (SSSR count). The average molecular weight is 228 g/mol. The van der Waals surface area contributed by atoms with E-state index in [9.17, 15) is 10.5 Å². The highest BCUT2D eigenvalue weighted by atomic mass is 16.5. The minimum Gasteiger partial charge on any atom is -0.623 e. The maximum Gasteiger partial charge on any atom is 0.257 e. The monoisotopic (exact) mass is 228 g/mol. The summed E-state index contributed by atoms with van der Waals surface area (Å²) >= 11 is 0. The van der Waals surface area contributed by atoms with Crippen LogP contribution in [0.5, 0.6) is 0 Å². The quantitative estimate of drug-likeness (QED) is 0.338. The molecule has 0 unspecified atom stereocenters. The lowest BCUT2D eigenvalue weighted by Gasteiger charge is -2.28. The maximum atomic E-state index is 12.2. The lowest BCUT2D eigenvalue weighted by Crippen LogP contribution is -2.40. The van der Waals surface area contributed by atoms with Gasteiger partial charge in [-0.15, -0.1) is 0 Å². The van der Waals surface area contributed by atoms with Crippen molar-refractivity contribution in [3.63, 3.8) is 0 Å². The van der Waals surface area contributed by atoms with E-state index in [1.54, 1.807) is 0 Å². The van der Waals surface area contributed by atoms with E-state index in [1.807, 2.05) is 30.3 Å². The minimum atomic E-state index is -0.839. The Labute approximate surface area is 102 Å². The fourth-order valence-corrected chi connectivity index (χ4v) is 2.32. The molecule has 0 saturated heterocycles. The summed E-state index contributed by atoms with van der Waals surface area (Å²) in [4.78, 5) is 0. The molecule has 0 aromatic heterocycles. The normalized spacial score (nSPS) is 19.6. The third-order valence-corrected chi connectivity index (χ3v) is 3.38. The van der Waals surface area contributed by atoms with Crippen LogP contribution in [0.15, 0.2) is 30.3 Å². The first-order valence-corrected chi connectivity index (χ1v) is 6.04. The fraction of sp³-hybridized carbons (Fsp3) is 0.429. The van der Waals surface area contributed by atoms with E-state index in [0.29, 0.717) is 12.8 Å². The van der Waals surface area contributed by atoms with Crippen molar-refractivity contribution in [3.05, 3.63) is 41.1 Å². The third kappa shape index (κ3) is 2.47. The van der Waals surface area contributed by atoms with E-state index in [1.165, 1.54) is 6.21 Å². The molecule has 1 fully saturated rings. The second-order valence-corrected chi connectivity index (χ2v) is 4.57. The van der Waals surface area contributed by atoms with Crippen molar-refractivity contribution in [2.45, 2.75) is 37.6 Å². The molecule has 1 saturated carbocycles. The van der Waals surface area contributed by atoms with Crippen molar-refractivity contribution in [1.29, 1.82) is 5.26 Å². The molecule has 17 heavy (non-hydrogen) atoms. The molecule has 0 N–H and O–H groups in total. The van der Waals surface area contributed by atoms with Crippen molar-refractivity contribution >= 4 is 6.21 Å². The van der Waals surface area contributed by atoms with Crippen LogP contribution in [-0.2, 0) is 0 Å². The maximum absolute atomic E-state index is 12.2. The molecule has 0 atom stereocenters. The number of hydrogen-bond acceptors (Lipinski definition) is 2. The van der Waals surface area contributed by atoms with Gasteiger partial charge in [0.2, 0.25) is 0 Å². The smallest absolute Gasteiger partial charge is 0.257 e. The first-order chi connectivity index (χ1) is 8.27. The number of benzene rings is 1. The topological polar surface area (TPSA) is 49.9 Å². The molecular weight excluding hydrogens is 212 g/mol. The fourth-order valence-electron chi connectivity index (χ4n) is 2.32. The lowest BCUT2D eigenvalue weighted by atomic mass is 9.83. The van der Waals surface area contributed by atoms with Crippen LogP contribution in [0.1, 0.15) is 37.7 Å². The summed E-state index contributed by atoms with van der Waals surface area (Å²) in [6, 6.07) is 11.7. The van der Waals surface area contributed by atoms with Crippen LogP contribution in [0.4, 0.5) is 0 Å². The highest BCUT2D eigenvalue weighted by Crippen LogP contribution is 2.30. The summed E-state index contributed by atoms with van der Waals surface area (Å²) in [5.41, 5.74) is 0.0105. The molecule has 3 nitrogen and oxygen atoms in total. The number of rotatable bonds is 2. The van der Waals surface area contributed by atoms with Gasteiger partial charge in [-0.05, 0) is 25.0 Å². The largest absolute Gasteiger partial charge is 0.623 e. The first kappa shape index (κ1) is 11.7. The number of hydroxylamine groups is 1. The Morgan fingerprint density at radius 3 is 2.41 bits per heavy atom. The van der Waals surface area contributed by atoms with Crippen LogP contribution < -0.4 is 0 Å². The van der Waals surface area contributed by atoms with E-state index >= 15 is 0 Å². The van der Waals surface area contributed by atoms with E-state index < -0.39 is 5.54 Å². The minimum absolute atomic E-state index is 0.677. The Kier molecular flexibility index (Phi) is 3.43. The Morgan fingerprint density at radius 1 is 1.18 bits per heavy atom. The Morgan fingerprint density at radius 2 is 1.82 bits per heavy atom. The van der Waals surface area contributed by atoms with Gasteiger partial charge in [0, 0.05) is 18.4 Å². The average Bonchev–Trinajstić information content (AvgIpc) is 2.40. The molecule has 0 heterocycles. The predicted molar refractivity (Wildman–Crippen MR) is 66.7 cm³/mol. The molecule has 0 aliphatic heterocycles. The summed E-state index contributed by atoms with van der Waals surface area (Å²) < 4.78 is 0.863. The van der Waals surface area contributed by atoms with Crippen LogP contribution in [0.3, 0.4) is 0 Å². The SMILES string of the molecule is N#CC1(/[N+]([O-])=C/c2ccccc2)CCCCC1. The number of hydrogen-bond donors (Lipinski definition) is 0. The van der Waals surface area contributed by atoms with Crippen LogP contribution in [0.2, 0.25) is 0 Å². The van der Waals surface area contributed by atoms with Crippen molar-refractivity contribution in [1.82, 2.24) is 0 Å². The third-order valence-electron chi connectivity index (χ3n) is 3.38. The Hall–Kier alpha value is -1.82. The highest BCUT2D eigenvalue weighted by Gasteiger charge is 2.40. The molecular formula is C14H16N2O. The van der Waals surface area contributed by atoms with Crippen LogP contribution in [0, 0.1) is 16.5 Å². The summed E-state index contributed by atoms with van der Waals surface area (Å²) in [6.45, 7) is 0. The summed E-state index contributed by atoms with van der Waals surface area (Å²) in [7, 11) is 0. The van der Waals surface area contributed by atoms with Crippen LogP contribution in [0.25, 0.3) is 0 Å². The predicted octanol–water partition coefficient (Wildman–Crippen LogP) is 2.84. The van der Waals surface area contributed by atoms with Gasteiger partial charge in [0.05, 0.1) is 0 Å². The molecule has 0 spiro atoms. The molecule has 1 aromatic carbocycles. The van der Waals surface area contributed by atoms with Crippen LogP contribution >= 0.6 is 0 Å². The Balaban J connectivity index is 2.26. The van der Waals surface area contributed by atoms with Gasteiger partial charge < -0.3 is 5.21 Å². The molecule has 3 heteroatoms. The van der Waals surface area contributed by atoms with Gasteiger partial charge in [-0.2, -0.15) is 10.0 Å². The zero-order valence-corrected chi connectivity index (χ0v) is 9.80. The van der Waals surface area contributed by atoms with E-state index in [4.69, 9.17) is 0 Å². The van der Waals surface area contributed by atoms with E-state index in [-0.39, 0.29) is 0 Å². The summed E-state index contributed by atoms with van der Waals surface area (Å²) in [6.07, 6.45) is 5.95. The number of nitrogens with zero attached hydrogens (tertiary/aromatic N) is 2. The molecule has 1 aliphatic carbocycles. The van der Waals surface area contributed by atoms with Gasteiger partial charge in [-0.25, -0.2) is 0 Å².